The van der Waals surface area contributed by atoms with Crippen LogP contribution in [0.15, 0.2) is 29.0 Å². The normalized spacial score (nSPS) is 21.8. The smallest absolute Gasteiger partial charge is 0.230 e. The number of nitrogens with zero attached hydrogens (tertiary/aromatic N) is 4. The second-order valence-corrected chi connectivity index (χ2v) is 8.23. The van der Waals surface area contributed by atoms with Crippen molar-refractivity contribution in [3.63, 3.8) is 0 Å². The van der Waals surface area contributed by atoms with Crippen molar-refractivity contribution < 1.29 is 14.1 Å². The maximum Gasteiger partial charge on any atom is 0.230 e. The van der Waals surface area contributed by atoms with Crippen molar-refractivity contribution in [2.75, 3.05) is 19.6 Å². The number of rotatable bonds is 3. The predicted molar refractivity (Wildman–Crippen MR) is 110 cm³/mol. The third kappa shape index (κ3) is 5.04. The standard InChI is InChI=1S/C22H29N5O3/c28-19-10-14-27(22(29)17-5-1-2-6-17)13-4-8-16(9-12-24-19)21-25-20(26-30-21)18-7-3-11-23-15-18/h3,7,11,15-17H,1-2,4-6,8-10,12-14H2,(H,24,28). The first kappa shape index (κ1) is 20.5. The van der Waals surface area contributed by atoms with Crippen molar-refractivity contribution in [2.45, 2.75) is 57.3 Å². The summed E-state index contributed by atoms with van der Waals surface area (Å²) in [5.41, 5.74) is 0.811. The molecule has 4 rings (SSSR count). The second-order valence-electron chi connectivity index (χ2n) is 8.23. The van der Waals surface area contributed by atoms with Crippen LogP contribution < -0.4 is 5.32 Å². The zero-order valence-electron chi connectivity index (χ0n) is 17.3. The van der Waals surface area contributed by atoms with Gasteiger partial charge in [-0.05, 0) is 44.2 Å². The molecule has 1 aliphatic carbocycles. The van der Waals surface area contributed by atoms with Gasteiger partial charge in [0.25, 0.3) is 0 Å². The number of carbonyl (C=O) groups is 2. The van der Waals surface area contributed by atoms with E-state index < -0.39 is 0 Å². The summed E-state index contributed by atoms with van der Waals surface area (Å²) in [7, 11) is 0. The summed E-state index contributed by atoms with van der Waals surface area (Å²) in [6, 6.07) is 3.73. The van der Waals surface area contributed by atoms with Crippen LogP contribution in [0.1, 0.15) is 63.2 Å². The fourth-order valence-electron chi connectivity index (χ4n) is 4.41. The Hall–Kier alpha value is -2.77. The zero-order valence-corrected chi connectivity index (χ0v) is 17.3. The molecule has 160 valence electrons. The molecule has 3 heterocycles. The van der Waals surface area contributed by atoms with E-state index in [0.717, 1.165) is 50.5 Å². The molecule has 0 bridgehead atoms. The van der Waals surface area contributed by atoms with E-state index in [2.05, 4.69) is 20.4 Å². The van der Waals surface area contributed by atoms with Crippen LogP contribution in [0.5, 0.6) is 0 Å². The lowest BCUT2D eigenvalue weighted by atomic mass is 9.98. The number of carbonyl (C=O) groups excluding carboxylic acids is 2. The largest absolute Gasteiger partial charge is 0.356 e. The second kappa shape index (κ2) is 9.82. The highest BCUT2D eigenvalue weighted by Crippen LogP contribution is 2.29. The lowest BCUT2D eigenvalue weighted by molar-refractivity contribution is -0.136. The van der Waals surface area contributed by atoms with Crippen LogP contribution in [-0.2, 0) is 9.59 Å². The van der Waals surface area contributed by atoms with Crippen LogP contribution in [0.2, 0.25) is 0 Å². The van der Waals surface area contributed by atoms with Crippen LogP contribution in [0.25, 0.3) is 11.4 Å². The van der Waals surface area contributed by atoms with E-state index in [1.807, 2.05) is 17.0 Å². The number of amides is 2. The Morgan fingerprint density at radius 1 is 1.13 bits per heavy atom. The van der Waals surface area contributed by atoms with Crippen LogP contribution in [-0.4, -0.2) is 51.5 Å². The molecule has 1 N–H and O–H groups in total. The van der Waals surface area contributed by atoms with Crippen molar-refractivity contribution in [1.29, 1.82) is 0 Å². The Morgan fingerprint density at radius 3 is 2.80 bits per heavy atom. The molecule has 1 saturated carbocycles. The molecule has 0 spiro atoms. The highest BCUT2D eigenvalue weighted by atomic mass is 16.5. The lowest BCUT2D eigenvalue weighted by Gasteiger charge is -2.25. The first-order valence-electron chi connectivity index (χ1n) is 11.0. The summed E-state index contributed by atoms with van der Waals surface area (Å²) in [5.74, 6) is 1.48. The minimum absolute atomic E-state index is 0.0125. The quantitative estimate of drug-likeness (QED) is 0.833. The number of aromatic nitrogens is 3. The van der Waals surface area contributed by atoms with Crippen LogP contribution in [0, 0.1) is 5.92 Å². The Labute approximate surface area is 176 Å². The summed E-state index contributed by atoms with van der Waals surface area (Å²) >= 11 is 0. The third-order valence-electron chi connectivity index (χ3n) is 6.13. The lowest BCUT2D eigenvalue weighted by Crippen LogP contribution is -2.38. The van der Waals surface area contributed by atoms with Gasteiger partial charge in [-0.1, -0.05) is 18.0 Å². The molecule has 1 unspecified atom stereocenters. The SMILES string of the molecule is O=C1CCN(C(=O)C2CCCC2)CCCC(c2nc(-c3cccnc3)no2)CCN1. The first-order valence-corrected chi connectivity index (χ1v) is 11.0. The highest BCUT2D eigenvalue weighted by molar-refractivity contribution is 5.80. The van der Waals surface area contributed by atoms with Crippen LogP contribution in [0.3, 0.4) is 0 Å². The highest BCUT2D eigenvalue weighted by Gasteiger charge is 2.28. The van der Waals surface area contributed by atoms with E-state index in [0.29, 0.717) is 37.8 Å². The van der Waals surface area contributed by atoms with Gasteiger partial charge in [-0.3, -0.25) is 14.6 Å². The molecule has 2 amide bonds. The average molecular weight is 412 g/mol. The van der Waals surface area contributed by atoms with E-state index >= 15 is 0 Å². The van der Waals surface area contributed by atoms with Crippen molar-refractivity contribution in [2.24, 2.45) is 5.92 Å². The summed E-state index contributed by atoms with van der Waals surface area (Å²) in [6.45, 7) is 1.73. The molecule has 2 fully saturated rings. The summed E-state index contributed by atoms with van der Waals surface area (Å²) in [6.07, 6.45) is 10.4. The summed E-state index contributed by atoms with van der Waals surface area (Å²) < 4.78 is 5.56. The van der Waals surface area contributed by atoms with Crippen LogP contribution in [0.4, 0.5) is 0 Å². The van der Waals surface area contributed by atoms with Gasteiger partial charge in [-0.25, -0.2) is 0 Å². The van der Waals surface area contributed by atoms with Crippen molar-refractivity contribution in [3.8, 4) is 11.4 Å². The average Bonchev–Trinajstić information content (AvgIpc) is 3.46. The van der Waals surface area contributed by atoms with E-state index in [-0.39, 0.29) is 23.7 Å². The Kier molecular flexibility index (Phi) is 6.71. The molecule has 8 nitrogen and oxygen atoms in total. The Bertz CT molecular complexity index is 847. The van der Waals surface area contributed by atoms with Gasteiger partial charge in [0, 0.05) is 55.8 Å². The van der Waals surface area contributed by atoms with E-state index in [1.54, 1.807) is 12.4 Å². The Morgan fingerprint density at radius 2 is 2.00 bits per heavy atom. The van der Waals surface area contributed by atoms with Crippen molar-refractivity contribution in [1.82, 2.24) is 25.3 Å². The molecule has 2 aliphatic rings. The molecule has 8 heteroatoms. The van der Waals surface area contributed by atoms with Crippen molar-refractivity contribution >= 4 is 11.8 Å². The minimum Gasteiger partial charge on any atom is -0.356 e. The fourth-order valence-corrected chi connectivity index (χ4v) is 4.41. The van der Waals surface area contributed by atoms with Crippen molar-refractivity contribution in [3.05, 3.63) is 30.4 Å². The Balaban J connectivity index is 1.44. The maximum atomic E-state index is 12.9. The van der Waals surface area contributed by atoms with E-state index in [9.17, 15) is 9.59 Å². The van der Waals surface area contributed by atoms with Gasteiger partial charge in [0.05, 0.1) is 0 Å². The molecule has 0 radical (unpaired) electrons. The number of hydrogen-bond acceptors (Lipinski definition) is 6. The van der Waals surface area contributed by atoms with Gasteiger partial charge in [-0.15, -0.1) is 0 Å². The van der Waals surface area contributed by atoms with Gasteiger partial charge in [-0.2, -0.15) is 4.98 Å². The van der Waals surface area contributed by atoms with E-state index in [1.165, 1.54) is 0 Å². The van der Waals surface area contributed by atoms with Gasteiger partial charge >= 0.3 is 0 Å². The number of nitrogens with one attached hydrogen (secondary N) is 1. The minimum atomic E-state index is -0.0125. The number of hydrogen-bond donors (Lipinski definition) is 1. The molecule has 2 aromatic heterocycles. The van der Waals surface area contributed by atoms with Crippen LogP contribution >= 0.6 is 0 Å². The molecular formula is C22H29N5O3. The molecule has 1 atom stereocenters. The molecule has 30 heavy (non-hydrogen) atoms. The zero-order chi connectivity index (χ0) is 20.8. The first-order chi connectivity index (χ1) is 14.7. The fraction of sp³-hybridized carbons (Fsp3) is 0.591. The topological polar surface area (TPSA) is 101 Å². The third-order valence-corrected chi connectivity index (χ3v) is 6.13. The molecule has 0 aromatic carbocycles. The summed E-state index contributed by atoms with van der Waals surface area (Å²) in [4.78, 5) is 35.7. The van der Waals surface area contributed by atoms with Gasteiger partial charge in [0.15, 0.2) is 0 Å². The van der Waals surface area contributed by atoms with Gasteiger partial charge < -0.3 is 14.7 Å². The number of pyridine rings is 1. The van der Waals surface area contributed by atoms with Gasteiger partial charge in [0.1, 0.15) is 0 Å². The van der Waals surface area contributed by atoms with E-state index in [4.69, 9.17) is 4.52 Å². The maximum absolute atomic E-state index is 12.9. The molecule has 2 aromatic rings. The summed E-state index contributed by atoms with van der Waals surface area (Å²) in [5, 5.41) is 7.08. The molecular weight excluding hydrogens is 382 g/mol. The molecule has 1 saturated heterocycles. The van der Waals surface area contributed by atoms with Gasteiger partial charge in [0.2, 0.25) is 23.5 Å². The monoisotopic (exact) mass is 411 g/mol. The predicted octanol–water partition coefficient (Wildman–Crippen LogP) is 2.92. The molecule has 1 aliphatic heterocycles.